The molecule has 1 saturated heterocycles. The molecule has 1 aliphatic heterocycles. The predicted molar refractivity (Wildman–Crippen MR) is 77.6 cm³/mol. The van der Waals surface area contributed by atoms with Gasteiger partial charge in [-0.05, 0) is 31.2 Å². The first kappa shape index (κ1) is 14.0. The van der Waals surface area contributed by atoms with Crippen LogP contribution in [-0.2, 0) is 4.79 Å². The number of rotatable bonds is 3. The minimum absolute atomic E-state index is 0.277. The number of nitrogens with one attached hydrogen (secondary N) is 1. The van der Waals surface area contributed by atoms with Gasteiger partial charge in [-0.25, -0.2) is 14.8 Å². The number of nitrogens with zero attached hydrogens (tertiary/aromatic N) is 2. The molecule has 3 rings (SSSR count). The van der Waals surface area contributed by atoms with E-state index in [1.54, 1.807) is 18.2 Å². The van der Waals surface area contributed by atoms with Crippen LogP contribution in [0.2, 0.25) is 5.15 Å². The maximum absolute atomic E-state index is 11.6. The fraction of sp³-hybridized carbons (Fsp3) is 0.357. The maximum atomic E-state index is 11.6. The van der Waals surface area contributed by atoms with Crippen molar-refractivity contribution in [1.82, 2.24) is 15.3 Å². The lowest BCUT2D eigenvalue weighted by atomic mass is 9.94. The lowest BCUT2D eigenvalue weighted by molar-refractivity contribution is -0.156. The molecule has 1 fully saturated rings. The van der Waals surface area contributed by atoms with Crippen molar-refractivity contribution in [3.63, 3.8) is 0 Å². The van der Waals surface area contributed by atoms with E-state index in [2.05, 4.69) is 15.3 Å². The predicted octanol–water partition coefficient (Wildman–Crippen LogP) is 1.87. The summed E-state index contributed by atoms with van der Waals surface area (Å²) in [5.74, 6) is -0.518. The van der Waals surface area contributed by atoms with Crippen LogP contribution in [0.25, 0.3) is 10.9 Å². The Morgan fingerprint density at radius 1 is 1.43 bits per heavy atom. The first-order valence-electron chi connectivity index (χ1n) is 6.64. The minimum atomic E-state index is -1.24. The second kappa shape index (κ2) is 5.46. The van der Waals surface area contributed by atoms with Crippen LogP contribution in [0.5, 0.6) is 5.75 Å². The lowest BCUT2D eigenvalue weighted by Gasteiger charge is -2.34. The summed E-state index contributed by atoms with van der Waals surface area (Å²) in [5, 5.41) is 13.5. The number of hydrogen-bond acceptors (Lipinski definition) is 5. The lowest BCUT2D eigenvalue weighted by Crippen LogP contribution is -2.55. The van der Waals surface area contributed by atoms with Crippen LogP contribution in [0.3, 0.4) is 0 Å². The van der Waals surface area contributed by atoms with Crippen molar-refractivity contribution in [2.24, 2.45) is 0 Å². The molecule has 0 saturated carbocycles. The molecule has 1 atom stereocenters. The fourth-order valence-electron chi connectivity index (χ4n) is 2.48. The molecule has 0 bridgehead atoms. The number of carboxylic acid groups (broad SMARTS) is 1. The first-order chi connectivity index (χ1) is 10.1. The summed E-state index contributed by atoms with van der Waals surface area (Å²) in [6.45, 7) is 1.08. The van der Waals surface area contributed by atoms with Crippen molar-refractivity contribution >= 4 is 28.5 Å². The Balaban J connectivity index is 1.96. The molecule has 2 heterocycles. The molecule has 0 radical (unpaired) electrons. The zero-order valence-electron chi connectivity index (χ0n) is 11.2. The summed E-state index contributed by atoms with van der Waals surface area (Å²) in [6, 6.07) is 5.12. The second-order valence-corrected chi connectivity index (χ2v) is 5.38. The van der Waals surface area contributed by atoms with Crippen molar-refractivity contribution in [2.75, 3.05) is 13.1 Å². The highest BCUT2D eigenvalue weighted by molar-refractivity contribution is 6.34. The molecule has 6 nitrogen and oxygen atoms in total. The molecule has 21 heavy (non-hydrogen) atoms. The number of carboxylic acids is 1. The van der Waals surface area contributed by atoms with Gasteiger partial charge in [0.15, 0.2) is 0 Å². The van der Waals surface area contributed by atoms with E-state index in [1.807, 2.05) is 0 Å². The molecular weight excluding hydrogens is 294 g/mol. The van der Waals surface area contributed by atoms with E-state index in [-0.39, 0.29) is 6.54 Å². The van der Waals surface area contributed by atoms with Gasteiger partial charge in [-0.3, -0.25) is 0 Å². The van der Waals surface area contributed by atoms with E-state index in [0.29, 0.717) is 28.2 Å². The Hall–Kier alpha value is -1.92. The van der Waals surface area contributed by atoms with Crippen molar-refractivity contribution in [2.45, 2.75) is 18.4 Å². The number of aromatic nitrogens is 2. The van der Waals surface area contributed by atoms with E-state index in [9.17, 15) is 9.90 Å². The molecule has 1 aliphatic rings. The number of ether oxygens (including phenoxy) is 1. The average molecular weight is 308 g/mol. The number of fused-ring (bicyclic) bond motifs is 1. The van der Waals surface area contributed by atoms with Gasteiger partial charge in [0.1, 0.15) is 17.2 Å². The third kappa shape index (κ3) is 2.64. The van der Waals surface area contributed by atoms with Crippen LogP contribution in [0.1, 0.15) is 12.8 Å². The number of carbonyl (C=O) groups is 1. The molecular formula is C14H14ClN3O3. The molecule has 0 spiro atoms. The fourth-order valence-corrected chi connectivity index (χ4v) is 2.68. The van der Waals surface area contributed by atoms with Crippen molar-refractivity contribution in [3.8, 4) is 5.75 Å². The molecule has 110 valence electrons. The highest BCUT2D eigenvalue weighted by Crippen LogP contribution is 2.29. The SMILES string of the molecule is O=C(O)[C@]1(Oc2ccc3ncnc(Cl)c3c2)CCCNC1. The Labute approximate surface area is 126 Å². The molecule has 1 aromatic carbocycles. The summed E-state index contributed by atoms with van der Waals surface area (Å²) in [7, 11) is 0. The Bertz CT molecular complexity index is 686. The summed E-state index contributed by atoms with van der Waals surface area (Å²) in [5.41, 5.74) is -0.554. The largest absolute Gasteiger partial charge is 0.478 e. The third-order valence-corrected chi connectivity index (χ3v) is 3.91. The monoisotopic (exact) mass is 307 g/mol. The Morgan fingerprint density at radius 3 is 3.00 bits per heavy atom. The highest BCUT2D eigenvalue weighted by Gasteiger charge is 2.42. The molecule has 2 aromatic rings. The third-order valence-electron chi connectivity index (χ3n) is 3.61. The van der Waals surface area contributed by atoms with Crippen LogP contribution >= 0.6 is 11.6 Å². The first-order valence-corrected chi connectivity index (χ1v) is 7.02. The van der Waals surface area contributed by atoms with Crippen molar-refractivity contribution < 1.29 is 14.6 Å². The summed E-state index contributed by atoms with van der Waals surface area (Å²) in [4.78, 5) is 19.6. The Morgan fingerprint density at radius 2 is 2.29 bits per heavy atom. The van der Waals surface area contributed by atoms with E-state index in [1.165, 1.54) is 6.33 Å². The molecule has 0 amide bonds. The second-order valence-electron chi connectivity index (χ2n) is 5.03. The molecule has 0 aliphatic carbocycles. The number of aliphatic carboxylic acids is 1. The quantitative estimate of drug-likeness (QED) is 0.842. The van der Waals surface area contributed by atoms with Gasteiger partial charge in [-0.2, -0.15) is 0 Å². The smallest absolute Gasteiger partial charge is 0.349 e. The van der Waals surface area contributed by atoms with Gasteiger partial charge in [-0.1, -0.05) is 11.6 Å². The summed E-state index contributed by atoms with van der Waals surface area (Å²) >= 11 is 6.03. The van der Waals surface area contributed by atoms with Crippen molar-refractivity contribution in [3.05, 3.63) is 29.7 Å². The summed E-state index contributed by atoms with van der Waals surface area (Å²) < 4.78 is 5.79. The number of piperidine rings is 1. The number of halogens is 1. The van der Waals surface area contributed by atoms with E-state index < -0.39 is 11.6 Å². The molecule has 7 heteroatoms. The van der Waals surface area contributed by atoms with Crippen LogP contribution in [0.15, 0.2) is 24.5 Å². The Kier molecular flexibility index (Phi) is 3.65. The number of benzene rings is 1. The van der Waals surface area contributed by atoms with Crippen LogP contribution in [0, 0.1) is 0 Å². The summed E-state index contributed by atoms with van der Waals surface area (Å²) in [6.07, 6.45) is 2.60. The standard InChI is InChI=1S/C14H14ClN3O3/c15-12-10-6-9(2-3-11(10)17-8-18-12)21-14(13(19)20)4-1-5-16-7-14/h2-3,6,8,16H,1,4-5,7H2,(H,19,20)/t14-/m0/s1. The van der Waals surface area contributed by atoms with Gasteiger partial charge in [-0.15, -0.1) is 0 Å². The molecule has 0 unspecified atom stereocenters. The van der Waals surface area contributed by atoms with Crippen LogP contribution < -0.4 is 10.1 Å². The zero-order valence-corrected chi connectivity index (χ0v) is 11.9. The molecule has 1 aromatic heterocycles. The van der Waals surface area contributed by atoms with Gasteiger partial charge >= 0.3 is 5.97 Å². The van der Waals surface area contributed by atoms with Crippen LogP contribution in [0.4, 0.5) is 0 Å². The van der Waals surface area contributed by atoms with E-state index >= 15 is 0 Å². The van der Waals surface area contributed by atoms with Gasteiger partial charge in [0.25, 0.3) is 0 Å². The molecule has 2 N–H and O–H groups in total. The highest BCUT2D eigenvalue weighted by atomic mass is 35.5. The zero-order chi connectivity index (χ0) is 14.9. The normalized spacial score (nSPS) is 22.1. The van der Waals surface area contributed by atoms with Gasteiger partial charge < -0.3 is 15.2 Å². The topological polar surface area (TPSA) is 84.3 Å². The van der Waals surface area contributed by atoms with Crippen molar-refractivity contribution in [1.29, 1.82) is 0 Å². The van der Waals surface area contributed by atoms with E-state index in [4.69, 9.17) is 16.3 Å². The van der Waals surface area contributed by atoms with E-state index in [0.717, 1.165) is 13.0 Å². The van der Waals surface area contributed by atoms with Gasteiger partial charge in [0.2, 0.25) is 5.60 Å². The average Bonchev–Trinajstić information content (AvgIpc) is 2.49. The van der Waals surface area contributed by atoms with Gasteiger partial charge in [0, 0.05) is 18.4 Å². The maximum Gasteiger partial charge on any atom is 0.349 e. The minimum Gasteiger partial charge on any atom is -0.478 e. The van der Waals surface area contributed by atoms with Gasteiger partial charge in [0.05, 0.1) is 5.52 Å². The number of hydrogen-bond donors (Lipinski definition) is 2. The van der Waals surface area contributed by atoms with Crippen LogP contribution in [-0.4, -0.2) is 39.7 Å².